The number of likely N-dealkylation sites (tertiary alicyclic amines) is 1. The number of benzene rings is 1. The van der Waals surface area contributed by atoms with Crippen LogP contribution in [0.4, 0.5) is 13.6 Å². The van der Waals surface area contributed by atoms with Crippen molar-refractivity contribution in [2.45, 2.75) is 108 Å². The van der Waals surface area contributed by atoms with Crippen molar-refractivity contribution >= 4 is 38.7 Å². The molecule has 284 valence electrons. The number of ether oxygens (including phenoxy) is 4. The van der Waals surface area contributed by atoms with E-state index in [0.717, 1.165) is 0 Å². The van der Waals surface area contributed by atoms with E-state index in [1.165, 1.54) is 29.3 Å². The Labute approximate surface area is 301 Å². The Morgan fingerprint density at radius 1 is 1.12 bits per heavy atom. The first-order valence-corrected chi connectivity index (χ1v) is 18.7. The lowest BCUT2D eigenvalue weighted by Crippen LogP contribution is -2.59. The van der Waals surface area contributed by atoms with Crippen molar-refractivity contribution < 1.29 is 50.5 Å². The molecule has 0 radical (unpaired) electrons. The van der Waals surface area contributed by atoms with Crippen LogP contribution in [0, 0.1) is 11.3 Å². The standard InChI is InChI=1S/C35H45F2N5O9S/c1-8-19-16-34(19,18-39-52(46,47)21-9-10-21)41-28(43)24-15-20(17-42(24)30(44)27(32(2,3)4)40-31(45)51-33(5,6)7)48-29-23-11-12-25-26(22(23)13-14-38-29)50-35(36,37)49-25/h8,11-14,19-21,24,27,39H,1,9-10,15-18H2,2-7H3,(H,40,45)(H,41,43)/t19-,20-,24+,27-,34+/m1/s1. The molecule has 3 fully saturated rings. The van der Waals surface area contributed by atoms with Crippen LogP contribution in [0.3, 0.4) is 0 Å². The van der Waals surface area contributed by atoms with E-state index in [0.29, 0.717) is 24.6 Å². The summed E-state index contributed by atoms with van der Waals surface area (Å²) in [4.78, 5) is 47.2. The molecule has 2 aliphatic carbocycles. The smallest absolute Gasteiger partial charge is 0.472 e. The quantitative estimate of drug-likeness (QED) is 0.285. The van der Waals surface area contributed by atoms with Crippen LogP contribution in [0.5, 0.6) is 17.4 Å². The van der Waals surface area contributed by atoms with Gasteiger partial charge in [0.05, 0.1) is 17.3 Å². The lowest BCUT2D eigenvalue weighted by Gasteiger charge is -2.36. The number of sulfonamides is 1. The van der Waals surface area contributed by atoms with Crippen LogP contribution in [0.2, 0.25) is 0 Å². The molecule has 3 amide bonds. The van der Waals surface area contributed by atoms with Crippen molar-refractivity contribution in [2.75, 3.05) is 13.1 Å². The second-order valence-corrected chi connectivity index (χ2v) is 18.0. The Morgan fingerprint density at radius 2 is 1.83 bits per heavy atom. The number of nitrogens with one attached hydrogen (secondary N) is 3. The van der Waals surface area contributed by atoms with Gasteiger partial charge in [0.25, 0.3) is 0 Å². The van der Waals surface area contributed by atoms with Crippen molar-refractivity contribution in [1.29, 1.82) is 0 Å². The Bertz CT molecular complexity index is 1890. The number of aromatic nitrogens is 1. The zero-order valence-electron chi connectivity index (χ0n) is 30.0. The summed E-state index contributed by atoms with van der Waals surface area (Å²) in [6.45, 7) is 14.1. The van der Waals surface area contributed by atoms with E-state index in [-0.39, 0.29) is 48.2 Å². The summed E-state index contributed by atoms with van der Waals surface area (Å²) in [6.07, 6.45) is -0.872. The lowest BCUT2D eigenvalue weighted by molar-refractivity contribution is -0.286. The van der Waals surface area contributed by atoms with E-state index in [4.69, 9.17) is 14.2 Å². The highest BCUT2D eigenvalue weighted by Crippen LogP contribution is 2.47. The Hall–Kier alpha value is -4.25. The molecule has 0 spiro atoms. The highest BCUT2D eigenvalue weighted by Gasteiger charge is 2.56. The molecule has 3 N–H and O–H groups in total. The molecule has 0 unspecified atom stereocenters. The second-order valence-electron chi connectivity index (χ2n) is 16.0. The van der Waals surface area contributed by atoms with Crippen LogP contribution in [0.1, 0.15) is 67.2 Å². The van der Waals surface area contributed by atoms with E-state index in [2.05, 4.69) is 31.7 Å². The van der Waals surface area contributed by atoms with E-state index < -0.39 is 74.2 Å². The summed E-state index contributed by atoms with van der Waals surface area (Å²) < 4.78 is 76.9. The Kier molecular flexibility index (Phi) is 9.38. The van der Waals surface area contributed by atoms with Crippen LogP contribution in [0.15, 0.2) is 37.1 Å². The predicted molar refractivity (Wildman–Crippen MR) is 184 cm³/mol. The number of alkyl halides is 2. The highest BCUT2D eigenvalue weighted by molar-refractivity contribution is 7.90. The van der Waals surface area contributed by atoms with Gasteiger partial charge >= 0.3 is 12.4 Å². The molecule has 52 heavy (non-hydrogen) atoms. The van der Waals surface area contributed by atoms with Crippen LogP contribution in [0.25, 0.3) is 10.8 Å². The Morgan fingerprint density at radius 3 is 2.44 bits per heavy atom. The normalized spacial score (nSPS) is 25.7. The van der Waals surface area contributed by atoms with Gasteiger partial charge in [-0.15, -0.1) is 15.4 Å². The number of halogens is 2. The number of nitrogens with zero attached hydrogens (tertiary/aromatic N) is 2. The first-order chi connectivity index (χ1) is 24.1. The van der Waals surface area contributed by atoms with E-state index >= 15 is 0 Å². The minimum absolute atomic E-state index is 0.00972. The molecule has 5 atom stereocenters. The summed E-state index contributed by atoms with van der Waals surface area (Å²) in [6, 6.07) is 2.05. The summed E-state index contributed by atoms with van der Waals surface area (Å²) >= 11 is 0. The predicted octanol–water partition coefficient (Wildman–Crippen LogP) is 3.99. The van der Waals surface area contributed by atoms with Gasteiger partial charge in [-0.2, -0.15) is 0 Å². The van der Waals surface area contributed by atoms with E-state index in [1.54, 1.807) is 47.6 Å². The van der Waals surface area contributed by atoms with Gasteiger partial charge in [0, 0.05) is 35.9 Å². The zero-order valence-corrected chi connectivity index (χ0v) is 30.8. The Balaban J connectivity index is 1.28. The van der Waals surface area contributed by atoms with Gasteiger partial charge in [-0.25, -0.2) is 22.9 Å². The van der Waals surface area contributed by atoms with E-state index in [1.807, 2.05) is 0 Å². The number of alkyl carbamates (subject to hydrolysis) is 1. The molecule has 1 saturated heterocycles. The maximum atomic E-state index is 14.4. The molecule has 2 aliphatic heterocycles. The summed E-state index contributed by atoms with van der Waals surface area (Å²) in [5.74, 6) is -1.61. The first-order valence-electron chi connectivity index (χ1n) is 17.2. The lowest BCUT2D eigenvalue weighted by atomic mass is 9.85. The average Bonchev–Trinajstić information content (AvgIpc) is 3.93. The second kappa shape index (κ2) is 13.0. The monoisotopic (exact) mass is 749 g/mol. The van der Waals surface area contributed by atoms with Crippen molar-refractivity contribution in [2.24, 2.45) is 11.3 Å². The molecule has 14 nitrogen and oxygen atoms in total. The van der Waals surface area contributed by atoms with Crippen LogP contribution >= 0.6 is 0 Å². The SMILES string of the molecule is C=C[C@@H]1C[C@@]1(CNS(=O)(=O)C1CC1)NC(=O)[C@@H]1C[C@@H](Oc2nccc3c4c(ccc23)OC(F)(F)O4)CN1C(=O)[C@@H](NC(=O)OC(C)(C)C)C(C)(C)C. The number of carbonyl (C=O) groups is 3. The first kappa shape index (κ1) is 37.5. The van der Waals surface area contributed by atoms with Gasteiger partial charge in [0.1, 0.15) is 23.8 Å². The minimum Gasteiger partial charge on any atom is -0.472 e. The molecule has 2 aromatic rings. The number of hydrogen-bond acceptors (Lipinski definition) is 10. The third-order valence-corrected chi connectivity index (χ3v) is 11.4. The van der Waals surface area contributed by atoms with Gasteiger partial charge in [-0.1, -0.05) is 26.8 Å². The van der Waals surface area contributed by atoms with Crippen LogP contribution in [-0.2, 0) is 24.3 Å². The minimum atomic E-state index is -3.84. The van der Waals surface area contributed by atoms with Crippen molar-refractivity contribution in [3.8, 4) is 17.4 Å². The van der Waals surface area contributed by atoms with Gasteiger partial charge < -0.3 is 34.5 Å². The molecule has 1 aromatic carbocycles. The van der Waals surface area contributed by atoms with Gasteiger partial charge in [-0.3, -0.25) is 9.59 Å². The molecule has 3 heterocycles. The maximum Gasteiger partial charge on any atom is 0.586 e. The molecular formula is C35H45F2N5O9S. The maximum absolute atomic E-state index is 14.4. The molecule has 2 saturated carbocycles. The average molecular weight is 750 g/mol. The van der Waals surface area contributed by atoms with E-state index in [9.17, 15) is 31.6 Å². The third-order valence-electron chi connectivity index (χ3n) is 9.52. The van der Waals surface area contributed by atoms with Crippen LogP contribution in [-0.4, -0.2) is 90.2 Å². The fourth-order valence-electron chi connectivity index (χ4n) is 6.59. The number of pyridine rings is 1. The molecule has 0 bridgehead atoms. The van der Waals surface area contributed by atoms with Gasteiger partial charge in [0.15, 0.2) is 11.5 Å². The van der Waals surface area contributed by atoms with Crippen molar-refractivity contribution in [3.05, 3.63) is 37.1 Å². The zero-order chi connectivity index (χ0) is 38.0. The highest BCUT2D eigenvalue weighted by atomic mass is 32.2. The molecule has 1 aromatic heterocycles. The summed E-state index contributed by atoms with van der Waals surface area (Å²) in [5, 5.41) is 5.84. The summed E-state index contributed by atoms with van der Waals surface area (Å²) in [5.41, 5.74) is -2.62. The van der Waals surface area contributed by atoms with Gasteiger partial charge in [-0.05, 0) is 63.6 Å². The molecular weight excluding hydrogens is 704 g/mol. The fourth-order valence-corrected chi connectivity index (χ4v) is 8.04. The molecule has 17 heteroatoms. The number of carbonyl (C=O) groups excluding carboxylic acids is 3. The fraction of sp³-hybridized carbons (Fsp3) is 0.600. The number of rotatable bonds is 11. The topological polar surface area (TPSA) is 174 Å². The summed E-state index contributed by atoms with van der Waals surface area (Å²) in [7, 11) is -3.55. The third kappa shape index (κ3) is 7.89. The van der Waals surface area contributed by atoms with Crippen molar-refractivity contribution in [3.63, 3.8) is 0 Å². The number of fused-ring (bicyclic) bond motifs is 3. The number of hydrogen-bond donors (Lipinski definition) is 3. The van der Waals surface area contributed by atoms with Crippen LogP contribution < -0.4 is 29.6 Å². The number of amides is 3. The van der Waals surface area contributed by atoms with Crippen molar-refractivity contribution in [1.82, 2.24) is 25.2 Å². The largest absolute Gasteiger partial charge is 0.586 e. The molecule has 6 rings (SSSR count). The van der Waals surface area contributed by atoms with Gasteiger partial charge in [0.2, 0.25) is 27.7 Å². The molecule has 4 aliphatic rings.